The molecular formula is C26H23F3N6O3. The molecule has 2 heterocycles. The van der Waals surface area contributed by atoms with E-state index in [-0.39, 0.29) is 17.3 Å². The van der Waals surface area contributed by atoms with E-state index in [1.807, 2.05) is 0 Å². The van der Waals surface area contributed by atoms with Crippen LogP contribution in [0.1, 0.15) is 28.8 Å². The molecule has 38 heavy (non-hydrogen) atoms. The molecule has 0 radical (unpaired) electrons. The van der Waals surface area contributed by atoms with Gasteiger partial charge in [0, 0.05) is 36.9 Å². The van der Waals surface area contributed by atoms with Crippen molar-refractivity contribution in [1.82, 2.24) is 19.9 Å². The number of carbonyl (C=O) groups is 2. The Labute approximate surface area is 215 Å². The summed E-state index contributed by atoms with van der Waals surface area (Å²) in [6.07, 6.45) is -0.0387. The monoisotopic (exact) mass is 524 g/mol. The van der Waals surface area contributed by atoms with E-state index in [1.54, 1.807) is 54.9 Å². The van der Waals surface area contributed by atoms with Gasteiger partial charge in [0.25, 0.3) is 5.91 Å². The van der Waals surface area contributed by atoms with E-state index < -0.39 is 17.8 Å². The quantitative estimate of drug-likeness (QED) is 0.284. The van der Waals surface area contributed by atoms with Crippen molar-refractivity contribution in [3.63, 3.8) is 0 Å². The number of ether oxygens (including phenoxy) is 1. The van der Waals surface area contributed by atoms with Crippen molar-refractivity contribution < 1.29 is 27.5 Å². The molecule has 4 aromatic rings. The van der Waals surface area contributed by atoms with Gasteiger partial charge in [0.1, 0.15) is 23.0 Å². The van der Waals surface area contributed by atoms with Gasteiger partial charge in [0.15, 0.2) is 0 Å². The van der Waals surface area contributed by atoms with Crippen LogP contribution in [0.5, 0.6) is 11.5 Å². The van der Waals surface area contributed by atoms with Gasteiger partial charge in [-0.2, -0.15) is 13.2 Å². The molecule has 3 amide bonds. The number of aryl methyl sites for hydroxylation is 1. The first-order chi connectivity index (χ1) is 18.1. The van der Waals surface area contributed by atoms with Gasteiger partial charge in [0.05, 0.1) is 16.9 Å². The van der Waals surface area contributed by atoms with Crippen molar-refractivity contribution in [3.05, 3.63) is 90.3 Å². The van der Waals surface area contributed by atoms with E-state index in [0.717, 1.165) is 12.1 Å². The first kappa shape index (κ1) is 26.2. The van der Waals surface area contributed by atoms with Crippen molar-refractivity contribution >= 4 is 23.3 Å². The molecule has 0 aliphatic rings. The Kier molecular flexibility index (Phi) is 7.61. The number of carbonyl (C=O) groups excluding carboxylic acids is 2. The van der Waals surface area contributed by atoms with Gasteiger partial charge in [0.2, 0.25) is 0 Å². The van der Waals surface area contributed by atoms with Crippen LogP contribution in [0, 0.1) is 6.92 Å². The lowest BCUT2D eigenvalue weighted by Crippen LogP contribution is -2.23. The Hall–Kier alpha value is -4.87. The fourth-order valence-corrected chi connectivity index (χ4v) is 3.53. The minimum Gasteiger partial charge on any atom is -0.457 e. The molecule has 0 aliphatic carbocycles. The SMILES string of the molecule is CCNC(=O)c1cc(Oc2ccc(NC(=O)Nc3cc(C(F)(F)F)ccc3-n3ccnc3C)cc2)ccn1. The molecule has 3 N–H and O–H groups in total. The highest BCUT2D eigenvalue weighted by molar-refractivity contribution is 6.01. The highest BCUT2D eigenvalue weighted by Gasteiger charge is 2.31. The zero-order chi connectivity index (χ0) is 27.3. The summed E-state index contributed by atoms with van der Waals surface area (Å²) in [6.45, 7) is 3.96. The number of hydrogen-bond donors (Lipinski definition) is 3. The molecule has 9 nitrogen and oxygen atoms in total. The van der Waals surface area contributed by atoms with Gasteiger partial charge < -0.3 is 25.3 Å². The number of anilines is 2. The maximum absolute atomic E-state index is 13.3. The van der Waals surface area contributed by atoms with Crippen LogP contribution in [0.4, 0.5) is 29.3 Å². The second kappa shape index (κ2) is 11.0. The molecular weight excluding hydrogens is 501 g/mol. The molecule has 0 spiro atoms. The predicted molar refractivity (Wildman–Crippen MR) is 135 cm³/mol. The largest absolute Gasteiger partial charge is 0.457 e. The van der Waals surface area contributed by atoms with E-state index >= 15 is 0 Å². The number of amides is 3. The van der Waals surface area contributed by atoms with Crippen LogP contribution in [0.3, 0.4) is 0 Å². The van der Waals surface area contributed by atoms with Gasteiger partial charge in [-0.1, -0.05) is 0 Å². The number of aromatic nitrogens is 3. The second-order valence-electron chi connectivity index (χ2n) is 8.02. The van der Waals surface area contributed by atoms with Crippen molar-refractivity contribution in [2.75, 3.05) is 17.2 Å². The van der Waals surface area contributed by atoms with Gasteiger partial charge in [-0.05, 0) is 62.4 Å². The average Bonchev–Trinajstić information content (AvgIpc) is 3.30. The first-order valence-electron chi connectivity index (χ1n) is 11.5. The number of halogens is 3. The minimum absolute atomic E-state index is 0.0426. The van der Waals surface area contributed by atoms with E-state index in [4.69, 9.17) is 4.74 Å². The predicted octanol–water partition coefficient (Wildman–Crippen LogP) is 5.78. The van der Waals surface area contributed by atoms with E-state index in [0.29, 0.717) is 35.2 Å². The summed E-state index contributed by atoms with van der Waals surface area (Å²) in [7, 11) is 0. The van der Waals surface area contributed by atoms with Crippen LogP contribution in [-0.2, 0) is 6.18 Å². The van der Waals surface area contributed by atoms with Crippen LogP contribution in [0.2, 0.25) is 0 Å². The third-order valence-electron chi connectivity index (χ3n) is 5.31. The summed E-state index contributed by atoms with van der Waals surface area (Å²) < 4.78 is 47.3. The number of imidazole rings is 1. The first-order valence-corrected chi connectivity index (χ1v) is 11.5. The number of urea groups is 1. The molecule has 4 rings (SSSR count). The molecule has 2 aromatic heterocycles. The lowest BCUT2D eigenvalue weighted by molar-refractivity contribution is -0.137. The number of nitrogens with one attached hydrogen (secondary N) is 3. The van der Waals surface area contributed by atoms with Crippen LogP contribution < -0.4 is 20.7 Å². The Bertz CT molecular complexity index is 1450. The highest BCUT2D eigenvalue weighted by atomic mass is 19.4. The third-order valence-corrected chi connectivity index (χ3v) is 5.31. The molecule has 0 saturated carbocycles. The molecule has 12 heteroatoms. The number of alkyl halides is 3. The van der Waals surface area contributed by atoms with Gasteiger partial charge in [-0.25, -0.2) is 9.78 Å². The maximum atomic E-state index is 13.3. The Morgan fingerprint density at radius 3 is 2.37 bits per heavy atom. The normalized spacial score (nSPS) is 11.1. The Morgan fingerprint density at radius 2 is 1.71 bits per heavy atom. The fourth-order valence-electron chi connectivity index (χ4n) is 3.53. The van der Waals surface area contributed by atoms with Crippen molar-refractivity contribution in [2.24, 2.45) is 0 Å². The Balaban J connectivity index is 1.46. The van der Waals surface area contributed by atoms with E-state index in [1.165, 1.54) is 24.5 Å². The summed E-state index contributed by atoms with van der Waals surface area (Å²) in [6, 6.07) is 11.7. The molecule has 0 saturated heterocycles. The zero-order valence-corrected chi connectivity index (χ0v) is 20.3. The zero-order valence-electron chi connectivity index (χ0n) is 20.3. The third kappa shape index (κ3) is 6.27. The van der Waals surface area contributed by atoms with Crippen LogP contribution in [-0.4, -0.2) is 33.0 Å². The van der Waals surface area contributed by atoms with Crippen LogP contribution in [0.25, 0.3) is 5.69 Å². The molecule has 0 atom stereocenters. The number of hydrogen-bond acceptors (Lipinski definition) is 5. The molecule has 2 aromatic carbocycles. The minimum atomic E-state index is -4.58. The lowest BCUT2D eigenvalue weighted by atomic mass is 10.1. The Morgan fingerprint density at radius 1 is 0.947 bits per heavy atom. The van der Waals surface area contributed by atoms with Crippen LogP contribution >= 0.6 is 0 Å². The summed E-state index contributed by atoms with van der Waals surface area (Å²) in [5, 5.41) is 7.74. The van der Waals surface area contributed by atoms with E-state index in [2.05, 4.69) is 25.9 Å². The molecule has 196 valence electrons. The fraction of sp³-hybridized carbons (Fsp3) is 0.154. The summed E-state index contributed by atoms with van der Waals surface area (Å²) >= 11 is 0. The van der Waals surface area contributed by atoms with Gasteiger partial charge >= 0.3 is 12.2 Å². The summed E-state index contributed by atoms with van der Waals surface area (Å²) in [4.78, 5) is 32.7. The molecule has 0 bridgehead atoms. The smallest absolute Gasteiger partial charge is 0.416 e. The standard InChI is InChI=1S/C26H23F3N6O3/c1-3-30-24(36)22-15-20(10-11-32-22)38-19-7-5-18(6-8-19)33-25(37)34-21-14-17(26(27,28)29)4-9-23(21)35-13-12-31-16(35)2/h4-15H,3H2,1-2H3,(H,30,36)(H2,33,34,37). The molecule has 0 unspecified atom stereocenters. The van der Waals surface area contributed by atoms with Crippen molar-refractivity contribution in [1.29, 1.82) is 0 Å². The summed E-state index contributed by atoms with van der Waals surface area (Å²) in [5.41, 5.74) is -0.0310. The molecule has 0 aliphatic heterocycles. The summed E-state index contributed by atoms with van der Waals surface area (Å²) in [5.74, 6) is 1.04. The van der Waals surface area contributed by atoms with Gasteiger partial charge in [-0.15, -0.1) is 0 Å². The average molecular weight is 525 g/mol. The number of rotatable bonds is 7. The number of pyridine rings is 1. The number of benzene rings is 2. The number of nitrogens with zero attached hydrogens (tertiary/aromatic N) is 3. The topological polar surface area (TPSA) is 110 Å². The van der Waals surface area contributed by atoms with Crippen molar-refractivity contribution in [3.8, 4) is 17.2 Å². The van der Waals surface area contributed by atoms with Gasteiger partial charge in [-0.3, -0.25) is 9.78 Å². The molecule has 0 fully saturated rings. The lowest BCUT2D eigenvalue weighted by Gasteiger charge is -2.16. The van der Waals surface area contributed by atoms with Crippen LogP contribution in [0.15, 0.2) is 73.2 Å². The van der Waals surface area contributed by atoms with E-state index in [9.17, 15) is 22.8 Å². The highest BCUT2D eigenvalue weighted by Crippen LogP contribution is 2.34. The second-order valence-corrected chi connectivity index (χ2v) is 8.02. The van der Waals surface area contributed by atoms with Crippen molar-refractivity contribution in [2.45, 2.75) is 20.0 Å². The maximum Gasteiger partial charge on any atom is 0.416 e.